The molecule has 17 heavy (non-hydrogen) atoms. The van der Waals surface area contributed by atoms with Crippen LogP contribution in [0.5, 0.6) is 5.75 Å². The molecule has 0 fully saturated rings. The topological polar surface area (TPSA) is 79.9 Å². The van der Waals surface area contributed by atoms with Gasteiger partial charge < -0.3 is 21.0 Å². The molecule has 0 amide bonds. The maximum atomic E-state index is 8.36. The summed E-state index contributed by atoms with van der Waals surface area (Å²) in [5.74, 6) is 1.12. The molecule has 0 aliphatic rings. The smallest absolute Gasteiger partial charge is 0.139 e. The summed E-state index contributed by atoms with van der Waals surface area (Å²) < 4.78 is 5.13. The second kappa shape index (κ2) is 7.38. The standard InChI is InChI=1S/C12H19N3O2/c1-17-11-6-4-5-10(9-11)14-8-3-2-7-12(13)15-16/h4-6,9,14,16H,2-3,7-8H2,1H3,(H2,13,15). The summed E-state index contributed by atoms with van der Waals surface area (Å²) >= 11 is 0. The Bertz CT molecular complexity index is 367. The van der Waals surface area contributed by atoms with E-state index in [1.54, 1.807) is 7.11 Å². The SMILES string of the molecule is COc1cccc(NCCCC/C(N)=N/O)c1. The first-order chi connectivity index (χ1) is 8.26. The van der Waals surface area contributed by atoms with Crippen molar-refractivity contribution in [1.29, 1.82) is 0 Å². The molecule has 0 saturated carbocycles. The second-order valence-corrected chi connectivity index (χ2v) is 3.71. The maximum Gasteiger partial charge on any atom is 0.139 e. The molecule has 0 spiro atoms. The minimum absolute atomic E-state index is 0.284. The third-order valence-electron chi connectivity index (χ3n) is 2.39. The van der Waals surface area contributed by atoms with Crippen LogP contribution in [0.25, 0.3) is 0 Å². The van der Waals surface area contributed by atoms with Crippen LogP contribution < -0.4 is 15.8 Å². The van der Waals surface area contributed by atoms with Crippen LogP contribution in [0.15, 0.2) is 29.4 Å². The van der Waals surface area contributed by atoms with Gasteiger partial charge in [0.1, 0.15) is 11.6 Å². The van der Waals surface area contributed by atoms with Crippen LogP contribution in [0.4, 0.5) is 5.69 Å². The lowest BCUT2D eigenvalue weighted by molar-refractivity contribution is 0.316. The molecule has 1 aromatic carbocycles. The Morgan fingerprint density at radius 3 is 3.00 bits per heavy atom. The van der Waals surface area contributed by atoms with Crippen LogP contribution in [0.1, 0.15) is 19.3 Å². The number of amidine groups is 1. The van der Waals surface area contributed by atoms with Crippen molar-refractivity contribution in [1.82, 2.24) is 0 Å². The van der Waals surface area contributed by atoms with Gasteiger partial charge in [0, 0.05) is 24.7 Å². The van der Waals surface area contributed by atoms with E-state index in [1.807, 2.05) is 24.3 Å². The van der Waals surface area contributed by atoms with Crippen LogP contribution in [0.2, 0.25) is 0 Å². The van der Waals surface area contributed by atoms with E-state index in [0.717, 1.165) is 30.8 Å². The average Bonchev–Trinajstić information content (AvgIpc) is 2.38. The van der Waals surface area contributed by atoms with Crippen molar-refractivity contribution >= 4 is 11.5 Å². The number of nitrogens with one attached hydrogen (secondary N) is 1. The van der Waals surface area contributed by atoms with Gasteiger partial charge in [-0.05, 0) is 25.0 Å². The minimum atomic E-state index is 0.284. The largest absolute Gasteiger partial charge is 0.497 e. The zero-order valence-electron chi connectivity index (χ0n) is 10.0. The van der Waals surface area contributed by atoms with Gasteiger partial charge in [0.05, 0.1) is 7.11 Å². The van der Waals surface area contributed by atoms with Gasteiger partial charge >= 0.3 is 0 Å². The second-order valence-electron chi connectivity index (χ2n) is 3.71. The summed E-state index contributed by atoms with van der Waals surface area (Å²) in [5.41, 5.74) is 6.40. The molecule has 0 bridgehead atoms. The van der Waals surface area contributed by atoms with Gasteiger partial charge in [0.25, 0.3) is 0 Å². The summed E-state index contributed by atoms with van der Waals surface area (Å²) in [6.07, 6.45) is 2.48. The van der Waals surface area contributed by atoms with Crippen LogP contribution >= 0.6 is 0 Å². The predicted molar refractivity (Wildman–Crippen MR) is 68.7 cm³/mol. The lowest BCUT2D eigenvalue weighted by Crippen LogP contribution is -2.11. The fourth-order valence-electron chi connectivity index (χ4n) is 1.45. The summed E-state index contributed by atoms with van der Waals surface area (Å²) in [4.78, 5) is 0. The number of anilines is 1. The molecule has 0 aromatic heterocycles. The number of unbranched alkanes of at least 4 members (excludes halogenated alkanes) is 1. The highest BCUT2D eigenvalue weighted by Crippen LogP contribution is 2.16. The molecular formula is C12H19N3O2. The van der Waals surface area contributed by atoms with E-state index < -0.39 is 0 Å². The fourth-order valence-corrected chi connectivity index (χ4v) is 1.45. The number of nitrogens with zero attached hydrogens (tertiary/aromatic N) is 1. The molecule has 0 unspecified atom stereocenters. The van der Waals surface area contributed by atoms with Crippen molar-refractivity contribution in [3.8, 4) is 5.75 Å². The number of benzene rings is 1. The van der Waals surface area contributed by atoms with Crippen LogP contribution in [0.3, 0.4) is 0 Å². The molecule has 1 aromatic rings. The summed E-state index contributed by atoms with van der Waals surface area (Å²) in [6, 6.07) is 7.79. The Hall–Kier alpha value is -1.91. The van der Waals surface area contributed by atoms with Gasteiger partial charge in [-0.3, -0.25) is 0 Å². The molecule has 0 atom stereocenters. The van der Waals surface area contributed by atoms with Crippen molar-refractivity contribution in [3.63, 3.8) is 0 Å². The highest BCUT2D eigenvalue weighted by atomic mass is 16.5. The van der Waals surface area contributed by atoms with Gasteiger partial charge in [0.2, 0.25) is 0 Å². The minimum Gasteiger partial charge on any atom is -0.497 e. The molecule has 0 aliphatic carbocycles. The molecule has 94 valence electrons. The lowest BCUT2D eigenvalue weighted by atomic mass is 10.2. The number of rotatable bonds is 7. The van der Waals surface area contributed by atoms with Crippen molar-refractivity contribution in [3.05, 3.63) is 24.3 Å². The van der Waals surface area contributed by atoms with Crippen molar-refractivity contribution in [2.45, 2.75) is 19.3 Å². The zero-order chi connectivity index (χ0) is 12.5. The number of oxime groups is 1. The summed E-state index contributed by atoms with van der Waals surface area (Å²) in [6.45, 7) is 0.853. The highest BCUT2D eigenvalue weighted by Gasteiger charge is 1.96. The molecule has 4 N–H and O–H groups in total. The summed E-state index contributed by atoms with van der Waals surface area (Å²) in [5, 5.41) is 14.6. The lowest BCUT2D eigenvalue weighted by Gasteiger charge is -2.07. The molecular weight excluding hydrogens is 218 g/mol. The van der Waals surface area contributed by atoms with Gasteiger partial charge in [-0.15, -0.1) is 0 Å². The van der Waals surface area contributed by atoms with Gasteiger partial charge in [-0.25, -0.2) is 0 Å². The Morgan fingerprint density at radius 1 is 1.47 bits per heavy atom. The van der Waals surface area contributed by atoms with E-state index in [2.05, 4.69) is 10.5 Å². The van der Waals surface area contributed by atoms with E-state index in [9.17, 15) is 0 Å². The highest BCUT2D eigenvalue weighted by molar-refractivity contribution is 5.79. The number of hydrogen-bond acceptors (Lipinski definition) is 4. The number of nitrogens with two attached hydrogens (primary N) is 1. The fraction of sp³-hybridized carbons (Fsp3) is 0.417. The van der Waals surface area contributed by atoms with E-state index in [-0.39, 0.29) is 5.84 Å². The van der Waals surface area contributed by atoms with Crippen LogP contribution in [-0.2, 0) is 0 Å². The number of hydrogen-bond donors (Lipinski definition) is 3. The predicted octanol–water partition coefficient (Wildman–Crippen LogP) is 2.02. The molecule has 5 heteroatoms. The first-order valence-corrected chi connectivity index (χ1v) is 5.60. The number of ether oxygens (including phenoxy) is 1. The van der Waals surface area contributed by atoms with Crippen LogP contribution in [-0.4, -0.2) is 24.7 Å². The van der Waals surface area contributed by atoms with E-state index >= 15 is 0 Å². The third-order valence-corrected chi connectivity index (χ3v) is 2.39. The number of methoxy groups -OCH3 is 1. The Balaban J connectivity index is 2.22. The molecule has 0 saturated heterocycles. The van der Waals surface area contributed by atoms with Crippen molar-refractivity contribution < 1.29 is 9.94 Å². The van der Waals surface area contributed by atoms with E-state index in [1.165, 1.54) is 0 Å². The van der Waals surface area contributed by atoms with E-state index in [4.69, 9.17) is 15.7 Å². The molecule has 1 rings (SSSR count). The van der Waals surface area contributed by atoms with Gasteiger partial charge in [0.15, 0.2) is 0 Å². The first-order valence-electron chi connectivity index (χ1n) is 5.60. The third kappa shape index (κ3) is 5.10. The van der Waals surface area contributed by atoms with Crippen molar-refractivity contribution in [2.24, 2.45) is 10.9 Å². The van der Waals surface area contributed by atoms with Gasteiger partial charge in [-0.2, -0.15) is 0 Å². The normalized spacial score (nSPS) is 11.2. The molecule has 0 aliphatic heterocycles. The monoisotopic (exact) mass is 237 g/mol. The zero-order valence-corrected chi connectivity index (χ0v) is 10.0. The molecule has 0 heterocycles. The average molecular weight is 237 g/mol. The quantitative estimate of drug-likeness (QED) is 0.223. The molecule has 0 radical (unpaired) electrons. The van der Waals surface area contributed by atoms with Crippen LogP contribution in [0, 0.1) is 0 Å². The van der Waals surface area contributed by atoms with E-state index in [0.29, 0.717) is 6.42 Å². The Labute approximate surface area is 101 Å². The Morgan fingerprint density at radius 2 is 2.29 bits per heavy atom. The maximum absolute atomic E-state index is 8.36. The molecule has 5 nitrogen and oxygen atoms in total. The van der Waals surface area contributed by atoms with Crippen molar-refractivity contribution in [2.75, 3.05) is 19.0 Å². The van der Waals surface area contributed by atoms with Gasteiger partial charge in [-0.1, -0.05) is 11.2 Å². The summed E-state index contributed by atoms with van der Waals surface area (Å²) in [7, 11) is 1.65. The first kappa shape index (κ1) is 13.2. The Kier molecular flexibility index (Phi) is 5.71.